The first-order valence-corrected chi connectivity index (χ1v) is 11.0. The molecule has 1 heterocycles. The number of piperidine rings is 1. The van der Waals surface area contributed by atoms with Gasteiger partial charge in [0.25, 0.3) is 5.91 Å². The first kappa shape index (κ1) is 21.6. The van der Waals surface area contributed by atoms with Crippen molar-refractivity contribution in [3.8, 4) is 17.2 Å². The number of rotatable bonds is 4. The van der Waals surface area contributed by atoms with Crippen LogP contribution in [0.25, 0.3) is 21.9 Å². The second-order valence-corrected chi connectivity index (χ2v) is 8.93. The molecular weight excluding hydrogens is 398 g/mol. The van der Waals surface area contributed by atoms with E-state index in [1.54, 1.807) is 4.90 Å². The highest BCUT2D eigenvalue weighted by atomic mass is 16.2. The number of nitriles is 1. The van der Waals surface area contributed by atoms with Crippen molar-refractivity contribution in [2.75, 3.05) is 6.54 Å². The molecule has 1 unspecified atom stereocenters. The number of amides is 2. The lowest BCUT2D eigenvalue weighted by Crippen LogP contribution is -2.50. The number of benzene rings is 3. The van der Waals surface area contributed by atoms with Gasteiger partial charge in [-0.2, -0.15) is 5.26 Å². The summed E-state index contributed by atoms with van der Waals surface area (Å²) >= 11 is 0. The van der Waals surface area contributed by atoms with Crippen LogP contribution < -0.4 is 5.73 Å². The van der Waals surface area contributed by atoms with E-state index in [0.717, 1.165) is 40.3 Å². The lowest BCUT2D eigenvalue weighted by Gasteiger charge is -2.34. The third-order valence-electron chi connectivity index (χ3n) is 6.44. The number of nitrogens with zero attached hydrogens (tertiary/aromatic N) is 2. The van der Waals surface area contributed by atoms with Gasteiger partial charge in [0.15, 0.2) is 0 Å². The van der Waals surface area contributed by atoms with Crippen molar-refractivity contribution < 1.29 is 9.59 Å². The molecule has 32 heavy (non-hydrogen) atoms. The molecule has 162 valence electrons. The molecule has 5 heteroatoms. The number of primary amides is 1. The zero-order valence-corrected chi connectivity index (χ0v) is 18.5. The smallest absolute Gasteiger partial charge is 0.255 e. The normalized spacial score (nSPS) is 16.5. The number of hydrogen-bond acceptors (Lipinski definition) is 3. The van der Waals surface area contributed by atoms with Gasteiger partial charge >= 0.3 is 0 Å². The molecule has 0 saturated carbocycles. The number of carbonyl (C=O) groups is 2. The van der Waals surface area contributed by atoms with E-state index in [-0.39, 0.29) is 5.91 Å². The largest absolute Gasteiger partial charge is 0.368 e. The van der Waals surface area contributed by atoms with Crippen molar-refractivity contribution in [1.82, 2.24) is 4.90 Å². The van der Waals surface area contributed by atoms with E-state index in [1.165, 1.54) is 0 Å². The predicted molar refractivity (Wildman–Crippen MR) is 126 cm³/mol. The molecule has 0 aromatic heterocycles. The summed E-state index contributed by atoms with van der Waals surface area (Å²) in [5, 5.41) is 11.2. The number of nitrogens with two attached hydrogens (primary N) is 1. The van der Waals surface area contributed by atoms with Crippen molar-refractivity contribution >= 4 is 22.6 Å². The van der Waals surface area contributed by atoms with E-state index >= 15 is 0 Å². The van der Waals surface area contributed by atoms with Gasteiger partial charge in [-0.3, -0.25) is 9.59 Å². The molecule has 3 aromatic rings. The van der Waals surface area contributed by atoms with Gasteiger partial charge in [-0.1, -0.05) is 54.6 Å². The van der Waals surface area contributed by atoms with Gasteiger partial charge in [-0.15, -0.1) is 0 Å². The molecule has 0 bridgehead atoms. The molecule has 4 rings (SSSR count). The van der Waals surface area contributed by atoms with Crippen molar-refractivity contribution in [1.29, 1.82) is 5.26 Å². The number of fused-ring (bicyclic) bond motifs is 1. The van der Waals surface area contributed by atoms with Crippen LogP contribution in [-0.2, 0) is 10.2 Å². The predicted octanol–water partition coefficient (Wildman–Crippen LogP) is 4.79. The van der Waals surface area contributed by atoms with Crippen LogP contribution in [-0.4, -0.2) is 29.3 Å². The SMILES string of the molecule is CC(C)(C#N)c1ccc(-c2cccc3c(C(=O)N4CCCCC4C(N)=O)cccc23)cc1. The molecule has 2 N–H and O–H groups in total. The Morgan fingerprint density at radius 2 is 1.69 bits per heavy atom. The topological polar surface area (TPSA) is 87.2 Å². The van der Waals surface area contributed by atoms with Crippen LogP contribution in [0, 0.1) is 11.3 Å². The van der Waals surface area contributed by atoms with Crippen molar-refractivity contribution in [2.45, 2.75) is 44.6 Å². The maximum atomic E-state index is 13.5. The van der Waals surface area contributed by atoms with E-state index in [1.807, 2.05) is 74.5 Å². The summed E-state index contributed by atoms with van der Waals surface area (Å²) in [6.07, 6.45) is 2.38. The fourth-order valence-electron chi connectivity index (χ4n) is 4.50. The molecule has 2 amide bonds. The zero-order chi connectivity index (χ0) is 22.9. The van der Waals surface area contributed by atoms with Crippen LogP contribution in [0.2, 0.25) is 0 Å². The quantitative estimate of drug-likeness (QED) is 0.652. The summed E-state index contributed by atoms with van der Waals surface area (Å²) < 4.78 is 0. The van der Waals surface area contributed by atoms with Gasteiger partial charge in [-0.25, -0.2) is 0 Å². The summed E-state index contributed by atoms with van der Waals surface area (Å²) in [6.45, 7) is 4.34. The minimum Gasteiger partial charge on any atom is -0.368 e. The van der Waals surface area contributed by atoms with Crippen molar-refractivity contribution in [3.63, 3.8) is 0 Å². The Bertz CT molecular complexity index is 1220. The molecular formula is C27H27N3O2. The van der Waals surface area contributed by atoms with Gasteiger partial charge in [-0.05, 0) is 66.6 Å². The van der Waals surface area contributed by atoms with Gasteiger partial charge in [0.1, 0.15) is 6.04 Å². The van der Waals surface area contributed by atoms with Gasteiger partial charge in [0.05, 0.1) is 11.5 Å². The van der Waals surface area contributed by atoms with Crippen molar-refractivity contribution in [2.24, 2.45) is 5.73 Å². The lowest BCUT2D eigenvalue weighted by atomic mass is 9.85. The van der Waals surface area contributed by atoms with Crippen LogP contribution in [0.4, 0.5) is 0 Å². The minimum atomic E-state index is -0.553. The Hall–Kier alpha value is -3.65. The number of likely N-dealkylation sites (tertiary alicyclic amines) is 1. The second-order valence-electron chi connectivity index (χ2n) is 8.93. The summed E-state index contributed by atoms with van der Waals surface area (Å²) in [6, 6.07) is 21.4. The molecule has 0 aliphatic carbocycles. The molecule has 1 aliphatic heterocycles. The van der Waals surface area contributed by atoms with Gasteiger partial charge in [0, 0.05) is 12.1 Å². The molecule has 3 aromatic carbocycles. The maximum Gasteiger partial charge on any atom is 0.255 e. The average Bonchev–Trinajstić information content (AvgIpc) is 2.83. The van der Waals surface area contributed by atoms with E-state index < -0.39 is 17.4 Å². The Kier molecular flexibility index (Phi) is 5.71. The summed E-state index contributed by atoms with van der Waals surface area (Å²) in [5.74, 6) is -0.596. The monoisotopic (exact) mass is 425 g/mol. The van der Waals surface area contributed by atoms with Gasteiger partial charge < -0.3 is 10.6 Å². The highest BCUT2D eigenvalue weighted by molar-refractivity contribution is 6.11. The first-order chi connectivity index (χ1) is 15.3. The molecule has 0 spiro atoms. The Morgan fingerprint density at radius 3 is 2.38 bits per heavy atom. The summed E-state index contributed by atoms with van der Waals surface area (Å²) in [5.41, 5.74) is 8.61. The molecule has 1 aliphatic rings. The molecule has 5 nitrogen and oxygen atoms in total. The second kappa shape index (κ2) is 8.47. The Balaban J connectivity index is 1.76. The minimum absolute atomic E-state index is 0.151. The van der Waals surface area contributed by atoms with E-state index in [0.29, 0.717) is 18.5 Å². The molecule has 1 atom stereocenters. The van der Waals surface area contributed by atoms with E-state index in [2.05, 4.69) is 6.07 Å². The fraction of sp³-hybridized carbons (Fsp3) is 0.296. The summed E-state index contributed by atoms with van der Waals surface area (Å²) in [7, 11) is 0. The van der Waals surface area contributed by atoms with Crippen LogP contribution in [0.3, 0.4) is 0 Å². The fourth-order valence-corrected chi connectivity index (χ4v) is 4.50. The summed E-state index contributed by atoms with van der Waals surface area (Å²) in [4.78, 5) is 27.0. The van der Waals surface area contributed by atoms with Crippen molar-refractivity contribution in [3.05, 3.63) is 71.8 Å². The van der Waals surface area contributed by atoms with Crippen LogP contribution >= 0.6 is 0 Å². The third-order valence-corrected chi connectivity index (χ3v) is 6.44. The lowest BCUT2D eigenvalue weighted by molar-refractivity contribution is -0.123. The van der Waals surface area contributed by atoms with Crippen LogP contribution in [0.1, 0.15) is 49.0 Å². The Labute approximate surface area is 188 Å². The van der Waals surface area contributed by atoms with E-state index in [9.17, 15) is 14.9 Å². The third kappa shape index (κ3) is 3.85. The van der Waals surface area contributed by atoms with Gasteiger partial charge in [0.2, 0.25) is 5.91 Å². The molecule has 1 fully saturated rings. The molecule has 0 radical (unpaired) electrons. The molecule has 1 saturated heterocycles. The van der Waals surface area contributed by atoms with Crippen LogP contribution in [0.5, 0.6) is 0 Å². The first-order valence-electron chi connectivity index (χ1n) is 11.0. The highest BCUT2D eigenvalue weighted by Gasteiger charge is 2.32. The number of hydrogen-bond donors (Lipinski definition) is 1. The maximum absolute atomic E-state index is 13.5. The Morgan fingerprint density at radius 1 is 1.00 bits per heavy atom. The van der Waals surface area contributed by atoms with E-state index in [4.69, 9.17) is 5.73 Å². The van der Waals surface area contributed by atoms with Crippen LogP contribution in [0.15, 0.2) is 60.7 Å². The average molecular weight is 426 g/mol. The zero-order valence-electron chi connectivity index (χ0n) is 18.5. The standard InChI is InChI=1S/C27H27N3O2/c1-27(2,17-28)19-14-12-18(13-15-19)20-7-5-9-22-21(20)8-6-10-23(22)26(32)30-16-4-3-11-24(30)25(29)31/h5-10,12-15,24H,3-4,11,16H2,1-2H3,(H2,29,31). The number of carbonyl (C=O) groups excluding carboxylic acids is 2. The highest BCUT2D eigenvalue weighted by Crippen LogP contribution is 2.33.